The van der Waals surface area contributed by atoms with Crippen molar-refractivity contribution in [2.75, 3.05) is 0 Å². The van der Waals surface area contributed by atoms with Crippen molar-refractivity contribution < 1.29 is 4.57 Å². The molecule has 1 fully saturated rings. The van der Waals surface area contributed by atoms with Crippen LogP contribution in [0.2, 0.25) is 0 Å². The van der Waals surface area contributed by atoms with E-state index in [4.69, 9.17) is 0 Å². The normalized spacial score (nSPS) is 22.0. The lowest BCUT2D eigenvalue weighted by Crippen LogP contribution is -1.97. The fourth-order valence-corrected chi connectivity index (χ4v) is 7.93. The number of benzene rings is 2. The van der Waals surface area contributed by atoms with Crippen molar-refractivity contribution in [1.82, 2.24) is 0 Å². The number of hydrogen-bond donors (Lipinski definition) is 0. The third-order valence-electron chi connectivity index (χ3n) is 5.62. The average Bonchev–Trinajstić information content (AvgIpc) is 3.03. The van der Waals surface area contributed by atoms with Gasteiger partial charge in [-0.2, -0.15) is 0 Å². The Labute approximate surface area is 158 Å². The van der Waals surface area contributed by atoms with Crippen molar-refractivity contribution in [2.45, 2.75) is 63.2 Å². The van der Waals surface area contributed by atoms with Gasteiger partial charge >= 0.3 is 0 Å². The molecule has 1 nitrogen and oxygen atoms in total. The van der Waals surface area contributed by atoms with E-state index in [0.29, 0.717) is 0 Å². The molecule has 138 valence electrons. The quantitative estimate of drug-likeness (QED) is 0.340. The Bertz CT molecular complexity index is 684. The van der Waals surface area contributed by atoms with E-state index < -0.39 is 7.14 Å². The van der Waals surface area contributed by atoms with Gasteiger partial charge in [-0.05, 0) is 42.6 Å². The largest absolute Gasteiger partial charge is 0.318 e. The van der Waals surface area contributed by atoms with E-state index in [1.807, 2.05) is 12.1 Å². The molecule has 0 N–H and O–H groups in total. The van der Waals surface area contributed by atoms with E-state index in [2.05, 4.69) is 67.3 Å². The van der Waals surface area contributed by atoms with Gasteiger partial charge in [0.2, 0.25) is 0 Å². The lowest BCUT2D eigenvalue weighted by molar-refractivity contribution is 0.573. The lowest BCUT2D eigenvalue weighted by atomic mass is 10.0. The maximum absolute atomic E-state index is 14.3. The predicted octanol–water partition coefficient (Wildman–Crippen LogP) is 8.11. The van der Waals surface area contributed by atoms with Gasteiger partial charge in [-0.15, -0.1) is 0 Å². The van der Waals surface area contributed by atoms with Gasteiger partial charge in [-0.1, -0.05) is 92.9 Å². The van der Waals surface area contributed by atoms with Crippen molar-refractivity contribution >= 4 is 7.14 Å². The molecule has 2 heteroatoms. The third-order valence-corrected chi connectivity index (χ3v) is 9.36. The van der Waals surface area contributed by atoms with Crippen molar-refractivity contribution in [2.24, 2.45) is 0 Å². The molecule has 2 atom stereocenters. The minimum absolute atomic E-state index is 0.167. The summed E-state index contributed by atoms with van der Waals surface area (Å²) < 4.78 is 14.3. The SMILES string of the molecule is CCCCCC/C=C/P1(=O)[C@@H](c2ccccc2)CC[C@@H]1c1ccccc1. The van der Waals surface area contributed by atoms with Gasteiger partial charge in [0, 0.05) is 11.3 Å². The first kappa shape index (κ1) is 19.2. The topological polar surface area (TPSA) is 17.1 Å². The fraction of sp³-hybridized carbons (Fsp3) is 0.417. The summed E-state index contributed by atoms with van der Waals surface area (Å²) in [6.45, 7) is 2.24. The molecule has 2 aromatic rings. The Kier molecular flexibility index (Phi) is 6.92. The third kappa shape index (κ3) is 4.38. The van der Waals surface area contributed by atoms with Gasteiger partial charge in [0.05, 0.1) is 0 Å². The molecule has 1 saturated heterocycles. The highest BCUT2D eigenvalue weighted by molar-refractivity contribution is 7.68. The lowest BCUT2D eigenvalue weighted by Gasteiger charge is -2.24. The number of rotatable bonds is 8. The van der Waals surface area contributed by atoms with Crippen LogP contribution < -0.4 is 0 Å². The number of unbranched alkanes of at least 4 members (excludes halogenated alkanes) is 4. The zero-order valence-electron chi connectivity index (χ0n) is 15.9. The van der Waals surface area contributed by atoms with Crippen LogP contribution in [0.15, 0.2) is 72.6 Å². The summed E-state index contributed by atoms with van der Waals surface area (Å²) in [6, 6.07) is 21.0. The summed E-state index contributed by atoms with van der Waals surface area (Å²) >= 11 is 0. The Morgan fingerprint density at radius 1 is 0.846 bits per heavy atom. The highest BCUT2D eigenvalue weighted by atomic mass is 31.2. The van der Waals surface area contributed by atoms with Crippen molar-refractivity contribution in [3.05, 3.63) is 83.7 Å². The van der Waals surface area contributed by atoms with Crippen LogP contribution >= 0.6 is 7.14 Å². The zero-order valence-corrected chi connectivity index (χ0v) is 16.8. The molecule has 1 aliphatic heterocycles. The van der Waals surface area contributed by atoms with Gasteiger partial charge < -0.3 is 4.57 Å². The Hall–Kier alpha value is -1.59. The van der Waals surface area contributed by atoms with E-state index in [0.717, 1.165) is 19.3 Å². The monoisotopic (exact) mass is 366 g/mol. The van der Waals surface area contributed by atoms with Crippen LogP contribution in [-0.4, -0.2) is 0 Å². The highest BCUT2D eigenvalue weighted by Crippen LogP contribution is 2.77. The summed E-state index contributed by atoms with van der Waals surface area (Å²) in [5.41, 5.74) is 2.82. The van der Waals surface area contributed by atoms with Gasteiger partial charge in [-0.25, -0.2) is 0 Å². The predicted molar refractivity (Wildman–Crippen MR) is 113 cm³/mol. The van der Waals surface area contributed by atoms with Crippen LogP contribution in [0.3, 0.4) is 0 Å². The van der Waals surface area contributed by atoms with Gasteiger partial charge in [-0.3, -0.25) is 0 Å². The Morgan fingerprint density at radius 2 is 1.38 bits per heavy atom. The molecule has 0 aliphatic carbocycles. The fourth-order valence-electron chi connectivity index (χ4n) is 4.22. The maximum atomic E-state index is 14.3. The van der Waals surface area contributed by atoms with E-state index in [1.165, 1.54) is 36.8 Å². The molecule has 26 heavy (non-hydrogen) atoms. The maximum Gasteiger partial charge on any atom is 0.122 e. The number of allylic oxidation sites excluding steroid dienone is 1. The summed E-state index contributed by atoms with van der Waals surface area (Å²) in [5, 5.41) is 0. The van der Waals surface area contributed by atoms with Crippen molar-refractivity contribution in [3.63, 3.8) is 0 Å². The minimum Gasteiger partial charge on any atom is -0.318 e. The molecule has 0 aromatic heterocycles. The second-order valence-electron chi connectivity index (χ2n) is 7.43. The standard InChI is InChI=1S/C24H31OP/c1-2-3-4-5-6-13-20-26(25)23(21-14-9-7-10-15-21)18-19-24(26)22-16-11-8-12-17-22/h7-17,20,23-24H,2-6,18-19H2,1H3/b20-13+/t23-,24-/m1/s1. The molecule has 1 heterocycles. The summed E-state index contributed by atoms with van der Waals surface area (Å²) in [4.78, 5) is 0. The van der Waals surface area contributed by atoms with Crippen LogP contribution in [0.25, 0.3) is 0 Å². The van der Waals surface area contributed by atoms with Crippen molar-refractivity contribution in [3.8, 4) is 0 Å². The molecule has 0 unspecified atom stereocenters. The molecule has 0 amide bonds. The molecule has 0 spiro atoms. The van der Waals surface area contributed by atoms with Crippen LogP contribution in [-0.2, 0) is 4.57 Å². The molecular weight excluding hydrogens is 335 g/mol. The first-order valence-corrected chi connectivity index (χ1v) is 12.0. The summed E-state index contributed by atoms with van der Waals surface area (Å²) in [5.74, 6) is 2.13. The molecule has 1 aliphatic rings. The Balaban J connectivity index is 1.84. The van der Waals surface area contributed by atoms with Gasteiger partial charge in [0.15, 0.2) is 0 Å². The molecule has 0 saturated carbocycles. The second-order valence-corrected chi connectivity index (χ2v) is 10.5. The number of hydrogen-bond acceptors (Lipinski definition) is 1. The van der Waals surface area contributed by atoms with E-state index >= 15 is 0 Å². The van der Waals surface area contributed by atoms with Crippen LogP contribution in [0.5, 0.6) is 0 Å². The molecule has 0 radical (unpaired) electrons. The average molecular weight is 366 g/mol. The van der Waals surface area contributed by atoms with Crippen LogP contribution in [0, 0.1) is 0 Å². The second kappa shape index (κ2) is 9.38. The first-order chi connectivity index (χ1) is 12.8. The minimum atomic E-state index is -2.47. The molecular formula is C24H31OP. The van der Waals surface area contributed by atoms with Crippen molar-refractivity contribution in [1.29, 1.82) is 0 Å². The first-order valence-electron chi connectivity index (χ1n) is 10.1. The zero-order chi connectivity index (χ0) is 18.2. The van der Waals surface area contributed by atoms with E-state index in [9.17, 15) is 4.57 Å². The smallest absolute Gasteiger partial charge is 0.122 e. The van der Waals surface area contributed by atoms with E-state index in [-0.39, 0.29) is 11.3 Å². The van der Waals surface area contributed by atoms with Gasteiger partial charge in [0.1, 0.15) is 7.14 Å². The molecule has 2 aromatic carbocycles. The van der Waals surface area contributed by atoms with Crippen LogP contribution in [0.4, 0.5) is 0 Å². The highest BCUT2D eigenvalue weighted by Gasteiger charge is 2.45. The molecule has 3 rings (SSSR count). The summed E-state index contributed by atoms with van der Waals surface area (Å²) in [6.07, 6.45) is 10.3. The van der Waals surface area contributed by atoms with Crippen LogP contribution in [0.1, 0.15) is 74.3 Å². The summed E-state index contributed by atoms with van der Waals surface area (Å²) in [7, 11) is -2.47. The van der Waals surface area contributed by atoms with Gasteiger partial charge in [0.25, 0.3) is 0 Å². The Morgan fingerprint density at radius 3 is 1.88 bits per heavy atom. The molecule has 0 bridgehead atoms. The van der Waals surface area contributed by atoms with E-state index in [1.54, 1.807) is 0 Å².